The summed E-state index contributed by atoms with van der Waals surface area (Å²) in [5.41, 5.74) is 0.461. The predicted molar refractivity (Wildman–Crippen MR) is 49.9 cm³/mol. The molecule has 0 saturated carbocycles. The van der Waals surface area contributed by atoms with Gasteiger partial charge < -0.3 is 9.47 Å². The Morgan fingerprint density at radius 2 is 2.07 bits per heavy atom. The van der Waals surface area contributed by atoms with E-state index in [4.69, 9.17) is 11.3 Å². The lowest BCUT2D eigenvalue weighted by molar-refractivity contribution is 0.0600. The number of benzene rings is 1. The topological polar surface area (TPSA) is 39.9 Å². The molecule has 72 valence electrons. The Labute approximate surface area is 81.9 Å². The Bertz CT molecular complexity index is 351. The number of hydrogen-bond donors (Lipinski definition) is 0. The standard InChI is InChI=1S/C10H9NO3/c1-11-7-14-9-5-3-8(4-6-9)10(12)13-2/h3-6H,7H2,2H3. The molecule has 0 aliphatic heterocycles. The lowest BCUT2D eigenvalue weighted by atomic mass is 10.2. The molecular weight excluding hydrogens is 182 g/mol. The van der Waals surface area contributed by atoms with E-state index in [2.05, 4.69) is 9.58 Å². The van der Waals surface area contributed by atoms with Crippen molar-refractivity contribution in [3.8, 4) is 5.75 Å². The average Bonchev–Trinajstić information content (AvgIpc) is 2.26. The SMILES string of the molecule is [C-]#[N+]COc1ccc(C(=O)OC)cc1. The molecule has 1 aromatic carbocycles. The van der Waals surface area contributed by atoms with Gasteiger partial charge in [-0.05, 0) is 24.3 Å². The van der Waals surface area contributed by atoms with Gasteiger partial charge in [-0.15, -0.1) is 0 Å². The molecule has 0 unspecified atom stereocenters. The van der Waals surface area contributed by atoms with Crippen LogP contribution in [0.5, 0.6) is 5.75 Å². The Balaban J connectivity index is 2.69. The maximum Gasteiger partial charge on any atom is 0.357 e. The summed E-state index contributed by atoms with van der Waals surface area (Å²) >= 11 is 0. The Morgan fingerprint density at radius 3 is 2.57 bits per heavy atom. The van der Waals surface area contributed by atoms with E-state index in [1.54, 1.807) is 24.3 Å². The largest absolute Gasteiger partial charge is 0.465 e. The van der Waals surface area contributed by atoms with Gasteiger partial charge in [0.05, 0.1) is 12.7 Å². The van der Waals surface area contributed by atoms with E-state index >= 15 is 0 Å². The molecule has 0 N–H and O–H groups in total. The van der Waals surface area contributed by atoms with Gasteiger partial charge in [0.2, 0.25) is 0 Å². The zero-order valence-corrected chi connectivity index (χ0v) is 7.69. The van der Waals surface area contributed by atoms with Gasteiger partial charge in [0.25, 0.3) is 0 Å². The van der Waals surface area contributed by atoms with Crippen LogP contribution in [0.3, 0.4) is 0 Å². The summed E-state index contributed by atoms with van der Waals surface area (Å²) in [6, 6.07) is 6.42. The van der Waals surface area contributed by atoms with Gasteiger partial charge in [-0.3, -0.25) is 4.85 Å². The molecule has 4 nitrogen and oxygen atoms in total. The molecule has 1 aromatic rings. The number of methoxy groups -OCH3 is 1. The number of esters is 1. The molecule has 0 fully saturated rings. The van der Waals surface area contributed by atoms with Crippen molar-refractivity contribution < 1.29 is 14.3 Å². The predicted octanol–water partition coefficient (Wildman–Crippen LogP) is 1.73. The zero-order chi connectivity index (χ0) is 10.4. The smallest absolute Gasteiger partial charge is 0.357 e. The van der Waals surface area contributed by atoms with Gasteiger partial charge in [0, 0.05) is 0 Å². The minimum absolute atomic E-state index is 0.0163. The van der Waals surface area contributed by atoms with Gasteiger partial charge >= 0.3 is 12.7 Å². The van der Waals surface area contributed by atoms with Crippen LogP contribution in [0.1, 0.15) is 10.4 Å². The molecule has 4 heteroatoms. The van der Waals surface area contributed by atoms with Crippen LogP contribution in [0.2, 0.25) is 0 Å². The number of carbonyl (C=O) groups excluding carboxylic acids is 1. The summed E-state index contributed by atoms with van der Waals surface area (Å²) < 4.78 is 9.55. The number of nitrogens with zero attached hydrogens (tertiary/aromatic N) is 1. The van der Waals surface area contributed by atoms with Crippen molar-refractivity contribution in [2.45, 2.75) is 0 Å². The van der Waals surface area contributed by atoms with Crippen LogP contribution < -0.4 is 4.74 Å². The molecule has 0 bridgehead atoms. The van der Waals surface area contributed by atoms with Crippen LogP contribution in [0.4, 0.5) is 0 Å². The molecular formula is C10H9NO3. The third kappa shape index (κ3) is 2.49. The van der Waals surface area contributed by atoms with Crippen molar-refractivity contribution in [3.63, 3.8) is 0 Å². The summed E-state index contributed by atoms with van der Waals surface area (Å²) in [4.78, 5) is 14.1. The highest BCUT2D eigenvalue weighted by Crippen LogP contribution is 2.12. The maximum atomic E-state index is 11.0. The number of ether oxygens (including phenoxy) is 2. The van der Waals surface area contributed by atoms with Gasteiger partial charge in [-0.25, -0.2) is 11.4 Å². The monoisotopic (exact) mass is 191 g/mol. The number of rotatable bonds is 3. The lowest BCUT2D eigenvalue weighted by Gasteiger charge is -2.01. The first-order valence-corrected chi connectivity index (χ1v) is 3.92. The molecule has 0 aliphatic rings. The molecule has 0 amide bonds. The van der Waals surface area contributed by atoms with Crippen molar-refractivity contribution in [2.24, 2.45) is 0 Å². The Hall–Kier alpha value is -2.02. The molecule has 0 spiro atoms. The van der Waals surface area contributed by atoms with E-state index < -0.39 is 0 Å². The Morgan fingerprint density at radius 1 is 1.43 bits per heavy atom. The first-order valence-electron chi connectivity index (χ1n) is 3.92. The number of carbonyl (C=O) groups is 1. The minimum Gasteiger partial charge on any atom is -0.465 e. The summed E-state index contributed by atoms with van der Waals surface area (Å²) in [6.45, 7) is 6.50. The third-order valence-corrected chi connectivity index (χ3v) is 1.57. The molecule has 0 atom stereocenters. The summed E-state index contributed by atoms with van der Waals surface area (Å²) in [5.74, 6) is 0.176. The van der Waals surface area contributed by atoms with E-state index in [1.165, 1.54) is 7.11 Å². The van der Waals surface area contributed by atoms with Crippen molar-refractivity contribution in [1.29, 1.82) is 0 Å². The maximum absolute atomic E-state index is 11.0. The van der Waals surface area contributed by atoms with Gasteiger partial charge in [-0.2, -0.15) is 0 Å². The van der Waals surface area contributed by atoms with Crippen LogP contribution in [0.25, 0.3) is 4.85 Å². The van der Waals surface area contributed by atoms with E-state index in [0.29, 0.717) is 11.3 Å². The molecule has 0 aliphatic carbocycles. The third-order valence-electron chi connectivity index (χ3n) is 1.57. The second-order valence-corrected chi connectivity index (χ2v) is 2.45. The second-order valence-electron chi connectivity index (χ2n) is 2.45. The number of hydrogen-bond acceptors (Lipinski definition) is 3. The van der Waals surface area contributed by atoms with Crippen LogP contribution >= 0.6 is 0 Å². The zero-order valence-electron chi connectivity index (χ0n) is 7.69. The van der Waals surface area contributed by atoms with Crippen LogP contribution in [0, 0.1) is 6.57 Å². The molecule has 0 radical (unpaired) electrons. The highest BCUT2D eigenvalue weighted by Gasteiger charge is 2.04. The lowest BCUT2D eigenvalue weighted by Crippen LogP contribution is -2.00. The van der Waals surface area contributed by atoms with E-state index in [0.717, 1.165) is 0 Å². The fourth-order valence-electron chi connectivity index (χ4n) is 0.912. The molecule has 0 aromatic heterocycles. The molecule has 1 rings (SSSR count). The normalized spacial score (nSPS) is 8.86. The van der Waals surface area contributed by atoms with Crippen molar-refractivity contribution in [1.82, 2.24) is 0 Å². The van der Waals surface area contributed by atoms with Gasteiger partial charge in [-0.1, -0.05) is 0 Å². The molecule has 0 saturated heterocycles. The highest BCUT2D eigenvalue weighted by atomic mass is 16.5. The summed E-state index contributed by atoms with van der Waals surface area (Å²) in [5, 5.41) is 0. The van der Waals surface area contributed by atoms with Crippen molar-refractivity contribution in [2.75, 3.05) is 13.8 Å². The van der Waals surface area contributed by atoms with Crippen LogP contribution in [-0.4, -0.2) is 19.8 Å². The minimum atomic E-state index is -0.387. The van der Waals surface area contributed by atoms with Gasteiger partial charge in [0.15, 0.2) is 0 Å². The van der Waals surface area contributed by atoms with E-state index in [9.17, 15) is 4.79 Å². The highest BCUT2D eigenvalue weighted by molar-refractivity contribution is 5.89. The average molecular weight is 191 g/mol. The first-order chi connectivity index (χ1) is 6.77. The fourth-order valence-corrected chi connectivity index (χ4v) is 0.912. The molecule has 0 heterocycles. The van der Waals surface area contributed by atoms with E-state index in [-0.39, 0.29) is 12.7 Å². The van der Waals surface area contributed by atoms with Crippen molar-refractivity contribution in [3.05, 3.63) is 41.2 Å². The Kier molecular flexibility index (Phi) is 3.50. The van der Waals surface area contributed by atoms with Crippen molar-refractivity contribution >= 4 is 5.97 Å². The van der Waals surface area contributed by atoms with Crippen LogP contribution in [0.15, 0.2) is 24.3 Å². The quantitative estimate of drug-likeness (QED) is 0.539. The summed E-state index contributed by atoms with van der Waals surface area (Å²) in [6.07, 6.45) is 0. The summed E-state index contributed by atoms with van der Waals surface area (Å²) in [7, 11) is 1.33. The van der Waals surface area contributed by atoms with E-state index in [1.807, 2.05) is 0 Å². The second kappa shape index (κ2) is 4.87. The molecule has 14 heavy (non-hydrogen) atoms. The first kappa shape index (κ1) is 10.1. The fraction of sp³-hybridized carbons (Fsp3) is 0.200. The van der Waals surface area contributed by atoms with Gasteiger partial charge in [0.1, 0.15) is 5.75 Å². The van der Waals surface area contributed by atoms with Crippen LogP contribution in [-0.2, 0) is 4.74 Å².